The van der Waals surface area contributed by atoms with Crippen LogP contribution in [0.2, 0.25) is 0 Å². The van der Waals surface area contributed by atoms with E-state index in [1.165, 1.54) is 6.07 Å². The fourth-order valence-corrected chi connectivity index (χ4v) is 2.26. The lowest BCUT2D eigenvalue weighted by Gasteiger charge is -2.20. The molecule has 2 aromatic rings. The van der Waals surface area contributed by atoms with Crippen molar-refractivity contribution in [3.63, 3.8) is 0 Å². The van der Waals surface area contributed by atoms with Gasteiger partial charge in [0.25, 0.3) is 0 Å². The fourth-order valence-electron chi connectivity index (χ4n) is 2.26. The molecule has 0 amide bonds. The number of aromatic carboxylic acids is 1. The second-order valence-corrected chi connectivity index (χ2v) is 4.42. The van der Waals surface area contributed by atoms with E-state index in [9.17, 15) is 4.79 Å². The van der Waals surface area contributed by atoms with E-state index in [0.717, 1.165) is 25.3 Å². The van der Waals surface area contributed by atoms with Crippen molar-refractivity contribution in [3.8, 4) is 0 Å². The van der Waals surface area contributed by atoms with Gasteiger partial charge in [-0.25, -0.2) is 4.79 Å². The highest BCUT2D eigenvalue weighted by molar-refractivity contribution is 5.87. The minimum atomic E-state index is -0.948. The smallest absolute Gasteiger partial charge is 0.337 e. The molecule has 6 heteroatoms. The summed E-state index contributed by atoms with van der Waals surface area (Å²) in [5, 5.41) is 17.2. The molecule has 1 atom stereocenters. The molecular weight excluding hydrogens is 234 g/mol. The second kappa shape index (κ2) is 4.38. The third kappa shape index (κ3) is 1.84. The van der Waals surface area contributed by atoms with Crippen LogP contribution in [0.5, 0.6) is 0 Å². The number of hydrogen-bond donors (Lipinski definition) is 1. The number of nitrogens with zero attached hydrogens (tertiary/aromatic N) is 3. The van der Waals surface area contributed by atoms with E-state index in [0.29, 0.717) is 12.3 Å². The molecule has 0 aliphatic carbocycles. The summed E-state index contributed by atoms with van der Waals surface area (Å²) in [6.07, 6.45) is 3.57. The summed E-state index contributed by atoms with van der Waals surface area (Å²) in [4.78, 5) is 11.0. The van der Waals surface area contributed by atoms with Crippen molar-refractivity contribution in [1.82, 2.24) is 14.6 Å². The zero-order chi connectivity index (χ0) is 12.5. The highest BCUT2D eigenvalue weighted by Crippen LogP contribution is 2.24. The average molecular weight is 247 g/mol. The Morgan fingerprint density at radius 3 is 3.06 bits per heavy atom. The van der Waals surface area contributed by atoms with Gasteiger partial charge in [0.1, 0.15) is 5.82 Å². The van der Waals surface area contributed by atoms with Gasteiger partial charge in [-0.1, -0.05) is 0 Å². The van der Waals surface area contributed by atoms with E-state index >= 15 is 0 Å². The number of fused-ring (bicyclic) bond motifs is 1. The Morgan fingerprint density at radius 2 is 2.33 bits per heavy atom. The van der Waals surface area contributed by atoms with E-state index in [1.54, 1.807) is 16.7 Å². The highest BCUT2D eigenvalue weighted by Gasteiger charge is 2.21. The van der Waals surface area contributed by atoms with Gasteiger partial charge < -0.3 is 9.84 Å². The topological polar surface area (TPSA) is 76.7 Å². The summed E-state index contributed by atoms with van der Waals surface area (Å²) in [7, 11) is 0. The summed E-state index contributed by atoms with van der Waals surface area (Å²) in [5.74, 6) is 0.0297. The molecule has 1 aliphatic rings. The van der Waals surface area contributed by atoms with Gasteiger partial charge in [0.2, 0.25) is 0 Å². The fraction of sp³-hybridized carbons (Fsp3) is 0.417. The van der Waals surface area contributed by atoms with Crippen molar-refractivity contribution in [2.75, 3.05) is 13.2 Å². The number of hydrogen-bond acceptors (Lipinski definition) is 4. The number of carboxylic acids is 1. The van der Waals surface area contributed by atoms with Gasteiger partial charge in [0.15, 0.2) is 5.65 Å². The molecule has 0 aromatic carbocycles. The molecule has 1 aliphatic heterocycles. The summed E-state index contributed by atoms with van der Waals surface area (Å²) in [5.41, 5.74) is 0.904. The van der Waals surface area contributed by atoms with E-state index in [1.807, 2.05) is 0 Å². The van der Waals surface area contributed by atoms with Crippen molar-refractivity contribution in [1.29, 1.82) is 0 Å². The maximum absolute atomic E-state index is 11.0. The van der Waals surface area contributed by atoms with Crippen molar-refractivity contribution in [2.24, 2.45) is 0 Å². The first kappa shape index (κ1) is 11.2. The maximum atomic E-state index is 11.0. The van der Waals surface area contributed by atoms with Crippen LogP contribution in [0.1, 0.15) is 34.9 Å². The number of aromatic nitrogens is 3. The molecule has 94 valence electrons. The van der Waals surface area contributed by atoms with Crippen LogP contribution < -0.4 is 0 Å². The third-order valence-electron chi connectivity index (χ3n) is 3.20. The summed E-state index contributed by atoms with van der Waals surface area (Å²) in [6, 6.07) is 3.21. The lowest BCUT2D eigenvalue weighted by molar-refractivity contribution is 0.0696. The Morgan fingerprint density at radius 1 is 1.44 bits per heavy atom. The first-order chi connectivity index (χ1) is 8.75. The lowest BCUT2D eigenvalue weighted by Crippen LogP contribution is -2.18. The summed E-state index contributed by atoms with van der Waals surface area (Å²) in [6.45, 7) is 1.41. The molecule has 1 unspecified atom stereocenters. The standard InChI is InChI=1S/C12H13N3O3/c16-12(17)8-3-4-10-13-14-11(15(10)6-8)9-2-1-5-18-7-9/h3-4,6,9H,1-2,5,7H2,(H,16,17). The highest BCUT2D eigenvalue weighted by atomic mass is 16.5. The number of rotatable bonds is 2. The largest absolute Gasteiger partial charge is 0.478 e. The summed E-state index contributed by atoms with van der Waals surface area (Å²) < 4.78 is 7.19. The Kier molecular flexibility index (Phi) is 2.71. The molecule has 6 nitrogen and oxygen atoms in total. The molecular formula is C12H13N3O3. The molecule has 3 rings (SSSR count). The normalized spacial score (nSPS) is 20.1. The van der Waals surface area contributed by atoms with Crippen LogP contribution in [-0.2, 0) is 4.74 Å². The number of carboxylic acid groups (broad SMARTS) is 1. The number of pyridine rings is 1. The Hall–Kier alpha value is -1.95. The van der Waals surface area contributed by atoms with Gasteiger partial charge in [0.05, 0.1) is 12.2 Å². The molecule has 1 N–H and O–H groups in total. The van der Waals surface area contributed by atoms with E-state index < -0.39 is 5.97 Å². The minimum Gasteiger partial charge on any atom is -0.478 e. The predicted molar refractivity (Wildman–Crippen MR) is 62.7 cm³/mol. The van der Waals surface area contributed by atoms with Gasteiger partial charge in [-0.05, 0) is 25.0 Å². The molecule has 0 spiro atoms. The van der Waals surface area contributed by atoms with Crippen LogP contribution in [0.3, 0.4) is 0 Å². The van der Waals surface area contributed by atoms with Crippen LogP contribution in [0, 0.1) is 0 Å². The van der Waals surface area contributed by atoms with Gasteiger partial charge >= 0.3 is 5.97 Å². The Bertz CT molecular complexity index is 587. The molecule has 0 radical (unpaired) electrons. The molecule has 0 bridgehead atoms. The monoisotopic (exact) mass is 247 g/mol. The molecule has 1 fully saturated rings. The van der Waals surface area contributed by atoms with Crippen molar-refractivity contribution >= 4 is 11.6 Å². The average Bonchev–Trinajstić information content (AvgIpc) is 2.82. The van der Waals surface area contributed by atoms with Gasteiger partial charge in [-0.3, -0.25) is 4.40 Å². The molecule has 2 aromatic heterocycles. The first-order valence-electron chi connectivity index (χ1n) is 5.91. The van der Waals surface area contributed by atoms with Gasteiger partial charge in [-0.2, -0.15) is 0 Å². The lowest BCUT2D eigenvalue weighted by atomic mass is 10.0. The van der Waals surface area contributed by atoms with Crippen LogP contribution >= 0.6 is 0 Å². The zero-order valence-corrected chi connectivity index (χ0v) is 9.74. The number of carbonyl (C=O) groups is 1. The maximum Gasteiger partial charge on any atom is 0.337 e. The van der Waals surface area contributed by atoms with E-state index in [-0.39, 0.29) is 11.5 Å². The van der Waals surface area contributed by atoms with Crippen LogP contribution in [0.4, 0.5) is 0 Å². The first-order valence-corrected chi connectivity index (χ1v) is 5.91. The predicted octanol–water partition coefficient (Wildman–Crippen LogP) is 1.32. The Labute approximate surface area is 103 Å². The van der Waals surface area contributed by atoms with E-state index in [4.69, 9.17) is 9.84 Å². The van der Waals surface area contributed by atoms with E-state index in [2.05, 4.69) is 10.2 Å². The van der Waals surface area contributed by atoms with Crippen molar-refractivity contribution < 1.29 is 14.6 Å². The van der Waals surface area contributed by atoms with Crippen LogP contribution in [-0.4, -0.2) is 38.9 Å². The van der Waals surface area contributed by atoms with Crippen molar-refractivity contribution in [2.45, 2.75) is 18.8 Å². The Balaban J connectivity index is 2.05. The third-order valence-corrected chi connectivity index (χ3v) is 3.20. The summed E-state index contributed by atoms with van der Waals surface area (Å²) >= 11 is 0. The molecule has 1 saturated heterocycles. The molecule has 3 heterocycles. The van der Waals surface area contributed by atoms with Crippen LogP contribution in [0.15, 0.2) is 18.3 Å². The SMILES string of the molecule is O=C(O)c1ccc2nnc(C3CCCOC3)n2c1. The minimum absolute atomic E-state index is 0.192. The second-order valence-electron chi connectivity index (χ2n) is 4.42. The van der Waals surface area contributed by atoms with Gasteiger partial charge in [-0.15, -0.1) is 10.2 Å². The van der Waals surface area contributed by atoms with Crippen LogP contribution in [0.25, 0.3) is 5.65 Å². The molecule has 0 saturated carbocycles. The zero-order valence-electron chi connectivity index (χ0n) is 9.74. The molecule has 18 heavy (non-hydrogen) atoms. The number of ether oxygens (including phenoxy) is 1. The quantitative estimate of drug-likeness (QED) is 0.866. The van der Waals surface area contributed by atoms with Gasteiger partial charge in [0, 0.05) is 18.7 Å². The van der Waals surface area contributed by atoms with Crippen molar-refractivity contribution in [3.05, 3.63) is 29.7 Å².